The van der Waals surface area contributed by atoms with E-state index >= 15 is 0 Å². The molecule has 3 aliphatic rings. The lowest BCUT2D eigenvalue weighted by atomic mass is 10.1. The van der Waals surface area contributed by atoms with Crippen molar-refractivity contribution in [2.45, 2.75) is 50.6 Å². The number of nitrogens with zero attached hydrogens (tertiary/aromatic N) is 2. The van der Waals surface area contributed by atoms with E-state index in [1.807, 2.05) is 0 Å². The van der Waals surface area contributed by atoms with Gasteiger partial charge in [-0.15, -0.1) is 0 Å². The predicted octanol–water partition coefficient (Wildman–Crippen LogP) is 1.30. The van der Waals surface area contributed by atoms with Gasteiger partial charge in [0.05, 0.1) is 0 Å². The second-order valence-electron chi connectivity index (χ2n) is 6.03. The predicted molar refractivity (Wildman–Crippen MR) is 71.3 cm³/mol. The van der Waals surface area contributed by atoms with Gasteiger partial charge in [-0.3, -0.25) is 9.80 Å². The van der Waals surface area contributed by atoms with E-state index in [2.05, 4.69) is 15.1 Å². The summed E-state index contributed by atoms with van der Waals surface area (Å²) in [7, 11) is 0. The molecule has 0 saturated carbocycles. The molecular weight excluding hydrogens is 210 g/mol. The lowest BCUT2D eigenvalue weighted by Gasteiger charge is -2.28. The van der Waals surface area contributed by atoms with Crippen molar-refractivity contribution in [2.75, 3.05) is 39.3 Å². The van der Waals surface area contributed by atoms with Crippen molar-refractivity contribution in [3.63, 3.8) is 0 Å². The highest BCUT2D eigenvalue weighted by atomic mass is 15.3. The van der Waals surface area contributed by atoms with Crippen LogP contribution in [0.1, 0.15) is 38.5 Å². The molecule has 1 N–H and O–H groups in total. The fourth-order valence-corrected chi connectivity index (χ4v) is 3.82. The number of hydrogen-bond acceptors (Lipinski definition) is 3. The molecular formula is C14H27N3. The molecule has 98 valence electrons. The highest BCUT2D eigenvalue weighted by Gasteiger charge is 2.32. The van der Waals surface area contributed by atoms with Gasteiger partial charge in [0.25, 0.3) is 0 Å². The molecule has 3 rings (SSSR count). The van der Waals surface area contributed by atoms with Crippen LogP contribution in [0.2, 0.25) is 0 Å². The molecule has 3 aliphatic heterocycles. The third-order valence-electron chi connectivity index (χ3n) is 4.89. The zero-order valence-corrected chi connectivity index (χ0v) is 11.0. The minimum absolute atomic E-state index is 0.824. The molecule has 0 aliphatic carbocycles. The van der Waals surface area contributed by atoms with Crippen LogP contribution in [0, 0.1) is 0 Å². The Morgan fingerprint density at radius 2 is 1.65 bits per heavy atom. The zero-order chi connectivity index (χ0) is 11.5. The average Bonchev–Trinajstić information content (AvgIpc) is 2.95. The monoisotopic (exact) mass is 237 g/mol. The van der Waals surface area contributed by atoms with E-state index in [9.17, 15) is 0 Å². The van der Waals surface area contributed by atoms with Crippen LogP contribution >= 0.6 is 0 Å². The minimum atomic E-state index is 0.824. The van der Waals surface area contributed by atoms with Gasteiger partial charge in [-0.25, -0.2) is 0 Å². The molecule has 0 bridgehead atoms. The van der Waals surface area contributed by atoms with E-state index in [1.54, 1.807) is 0 Å². The lowest BCUT2D eigenvalue weighted by Crippen LogP contribution is -2.42. The summed E-state index contributed by atoms with van der Waals surface area (Å²) in [5.74, 6) is 0. The Labute approximate surface area is 106 Å². The van der Waals surface area contributed by atoms with Crippen LogP contribution in [0.5, 0.6) is 0 Å². The fraction of sp³-hybridized carbons (Fsp3) is 1.00. The van der Waals surface area contributed by atoms with Crippen LogP contribution in [-0.2, 0) is 0 Å². The largest absolute Gasteiger partial charge is 0.315 e. The van der Waals surface area contributed by atoms with Crippen LogP contribution in [0.3, 0.4) is 0 Å². The molecule has 3 fully saturated rings. The minimum Gasteiger partial charge on any atom is -0.315 e. The van der Waals surface area contributed by atoms with Crippen LogP contribution < -0.4 is 5.32 Å². The van der Waals surface area contributed by atoms with E-state index in [-0.39, 0.29) is 0 Å². The lowest BCUT2D eigenvalue weighted by molar-refractivity contribution is 0.193. The van der Waals surface area contributed by atoms with E-state index in [1.165, 1.54) is 77.8 Å². The Bertz CT molecular complexity index is 230. The Balaban J connectivity index is 1.51. The normalized spacial score (nSPS) is 37.4. The van der Waals surface area contributed by atoms with Gasteiger partial charge >= 0.3 is 0 Å². The van der Waals surface area contributed by atoms with E-state index in [0.29, 0.717) is 0 Å². The SMILES string of the molecule is C1CCC(N2CCC(N3CCCC3)C2)CNC1. The maximum Gasteiger partial charge on any atom is 0.0235 e. The highest BCUT2D eigenvalue weighted by molar-refractivity contribution is 4.89. The van der Waals surface area contributed by atoms with Gasteiger partial charge in [-0.05, 0) is 51.7 Å². The van der Waals surface area contributed by atoms with Crippen molar-refractivity contribution in [3.8, 4) is 0 Å². The van der Waals surface area contributed by atoms with Crippen molar-refractivity contribution in [1.82, 2.24) is 15.1 Å². The van der Waals surface area contributed by atoms with E-state index in [4.69, 9.17) is 0 Å². The standard InChI is InChI=1S/C14H27N3/c1-2-7-15-11-13(5-1)17-10-6-14(12-17)16-8-3-4-9-16/h13-15H,1-12H2. The number of likely N-dealkylation sites (tertiary alicyclic amines) is 2. The molecule has 0 aromatic carbocycles. The first-order chi connectivity index (χ1) is 8.43. The first-order valence-corrected chi connectivity index (χ1v) is 7.62. The fourth-order valence-electron chi connectivity index (χ4n) is 3.82. The second-order valence-corrected chi connectivity index (χ2v) is 6.03. The molecule has 3 saturated heterocycles. The topological polar surface area (TPSA) is 18.5 Å². The van der Waals surface area contributed by atoms with Crippen molar-refractivity contribution in [1.29, 1.82) is 0 Å². The van der Waals surface area contributed by atoms with Crippen LogP contribution in [-0.4, -0.2) is 61.2 Å². The molecule has 0 aromatic rings. The summed E-state index contributed by atoms with van der Waals surface area (Å²) in [6, 6.07) is 1.70. The second kappa shape index (κ2) is 5.68. The number of rotatable bonds is 2. The summed E-state index contributed by atoms with van der Waals surface area (Å²) in [4.78, 5) is 5.51. The molecule has 0 aromatic heterocycles. The maximum atomic E-state index is 3.60. The van der Waals surface area contributed by atoms with Crippen molar-refractivity contribution >= 4 is 0 Å². The molecule has 2 atom stereocenters. The smallest absolute Gasteiger partial charge is 0.0235 e. The third-order valence-corrected chi connectivity index (χ3v) is 4.89. The van der Waals surface area contributed by atoms with Crippen LogP contribution in [0.4, 0.5) is 0 Å². The summed E-state index contributed by atoms with van der Waals surface area (Å²) in [5, 5.41) is 3.60. The maximum absolute atomic E-state index is 3.60. The Kier molecular flexibility index (Phi) is 3.99. The van der Waals surface area contributed by atoms with Gasteiger partial charge in [0.1, 0.15) is 0 Å². The summed E-state index contributed by atoms with van der Waals surface area (Å²) >= 11 is 0. The Morgan fingerprint density at radius 3 is 2.53 bits per heavy atom. The Hall–Kier alpha value is -0.120. The Morgan fingerprint density at radius 1 is 0.765 bits per heavy atom. The first kappa shape index (κ1) is 11.9. The summed E-state index contributed by atoms with van der Waals surface area (Å²) in [5.41, 5.74) is 0. The van der Waals surface area contributed by atoms with E-state index < -0.39 is 0 Å². The van der Waals surface area contributed by atoms with Crippen molar-refractivity contribution in [3.05, 3.63) is 0 Å². The van der Waals surface area contributed by atoms with E-state index in [0.717, 1.165) is 12.1 Å². The molecule has 17 heavy (non-hydrogen) atoms. The number of nitrogens with one attached hydrogen (secondary N) is 1. The molecule has 2 unspecified atom stereocenters. The van der Waals surface area contributed by atoms with Crippen LogP contribution in [0.25, 0.3) is 0 Å². The van der Waals surface area contributed by atoms with Gasteiger partial charge in [-0.1, -0.05) is 6.42 Å². The molecule has 3 heteroatoms. The highest BCUT2D eigenvalue weighted by Crippen LogP contribution is 2.23. The molecule has 0 spiro atoms. The van der Waals surface area contributed by atoms with Gasteiger partial charge in [0, 0.05) is 31.7 Å². The summed E-state index contributed by atoms with van der Waals surface area (Å²) in [6.07, 6.45) is 8.49. The first-order valence-electron chi connectivity index (χ1n) is 7.62. The van der Waals surface area contributed by atoms with Gasteiger partial charge in [0.15, 0.2) is 0 Å². The molecule has 0 amide bonds. The molecule has 0 radical (unpaired) electrons. The van der Waals surface area contributed by atoms with Gasteiger partial charge in [0.2, 0.25) is 0 Å². The number of hydrogen-bond donors (Lipinski definition) is 1. The quantitative estimate of drug-likeness (QED) is 0.781. The van der Waals surface area contributed by atoms with Gasteiger partial charge in [-0.2, -0.15) is 0 Å². The summed E-state index contributed by atoms with van der Waals surface area (Å²) < 4.78 is 0. The third kappa shape index (κ3) is 2.83. The summed E-state index contributed by atoms with van der Waals surface area (Å²) in [6.45, 7) is 7.87. The van der Waals surface area contributed by atoms with Crippen LogP contribution in [0.15, 0.2) is 0 Å². The molecule has 3 nitrogen and oxygen atoms in total. The van der Waals surface area contributed by atoms with Gasteiger partial charge < -0.3 is 5.32 Å². The van der Waals surface area contributed by atoms with Crippen molar-refractivity contribution in [2.24, 2.45) is 0 Å². The average molecular weight is 237 g/mol. The van der Waals surface area contributed by atoms with Crippen molar-refractivity contribution < 1.29 is 0 Å². The zero-order valence-electron chi connectivity index (χ0n) is 11.0. The molecule has 3 heterocycles.